The standard InChI is InChI=1S/C15H14FNO4S/c1-17(2)22(20,21)12-6-3-10(4-7-12)14-9-11(16)5-8-13(14)15(18)19/h3-9H,1-2H3,(H,18,19). The molecule has 22 heavy (non-hydrogen) atoms. The van der Waals surface area contributed by atoms with Crippen LogP contribution < -0.4 is 0 Å². The lowest BCUT2D eigenvalue weighted by molar-refractivity contribution is 0.0697. The van der Waals surface area contributed by atoms with Crippen LogP contribution >= 0.6 is 0 Å². The van der Waals surface area contributed by atoms with Gasteiger partial charge in [0.15, 0.2) is 0 Å². The second-order valence-electron chi connectivity index (χ2n) is 4.81. The van der Waals surface area contributed by atoms with Crippen molar-refractivity contribution < 1.29 is 22.7 Å². The van der Waals surface area contributed by atoms with Gasteiger partial charge in [-0.2, -0.15) is 0 Å². The summed E-state index contributed by atoms with van der Waals surface area (Å²) >= 11 is 0. The van der Waals surface area contributed by atoms with Gasteiger partial charge >= 0.3 is 5.97 Å². The van der Waals surface area contributed by atoms with E-state index < -0.39 is 21.8 Å². The van der Waals surface area contributed by atoms with Crippen LogP contribution in [0.2, 0.25) is 0 Å². The van der Waals surface area contributed by atoms with Crippen molar-refractivity contribution in [1.29, 1.82) is 0 Å². The fraction of sp³-hybridized carbons (Fsp3) is 0.133. The number of aromatic carboxylic acids is 1. The summed E-state index contributed by atoms with van der Waals surface area (Å²) in [5.41, 5.74) is 0.570. The summed E-state index contributed by atoms with van der Waals surface area (Å²) in [5.74, 6) is -1.75. The molecule has 116 valence electrons. The normalized spacial score (nSPS) is 11.6. The van der Waals surface area contributed by atoms with Crippen molar-refractivity contribution in [2.45, 2.75) is 4.90 Å². The van der Waals surface area contributed by atoms with E-state index in [1.165, 1.54) is 44.4 Å². The van der Waals surface area contributed by atoms with Crippen LogP contribution in [0, 0.1) is 5.82 Å². The van der Waals surface area contributed by atoms with Gasteiger partial charge < -0.3 is 5.11 Å². The molecule has 0 spiro atoms. The molecule has 1 N–H and O–H groups in total. The number of rotatable bonds is 4. The molecule has 0 radical (unpaired) electrons. The van der Waals surface area contributed by atoms with E-state index in [0.717, 1.165) is 16.4 Å². The summed E-state index contributed by atoms with van der Waals surface area (Å²) in [6.07, 6.45) is 0. The summed E-state index contributed by atoms with van der Waals surface area (Å²) in [6, 6.07) is 8.99. The molecule has 0 saturated heterocycles. The molecule has 0 bridgehead atoms. The third-order valence-electron chi connectivity index (χ3n) is 3.16. The van der Waals surface area contributed by atoms with E-state index in [1.54, 1.807) is 0 Å². The third kappa shape index (κ3) is 3.00. The van der Waals surface area contributed by atoms with Crippen molar-refractivity contribution >= 4 is 16.0 Å². The highest BCUT2D eigenvalue weighted by molar-refractivity contribution is 7.89. The summed E-state index contributed by atoms with van der Waals surface area (Å²) in [7, 11) is -0.737. The van der Waals surface area contributed by atoms with E-state index in [-0.39, 0.29) is 16.0 Å². The topological polar surface area (TPSA) is 74.7 Å². The first-order valence-electron chi connectivity index (χ1n) is 6.29. The van der Waals surface area contributed by atoms with Gasteiger partial charge in [-0.25, -0.2) is 21.9 Å². The Morgan fingerprint density at radius 2 is 1.68 bits per heavy atom. The number of carboxylic acid groups (broad SMARTS) is 1. The molecule has 0 amide bonds. The highest BCUT2D eigenvalue weighted by atomic mass is 32.2. The molecule has 5 nitrogen and oxygen atoms in total. The van der Waals surface area contributed by atoms with E-state index in [4.69, 9.17) is 5.11 Å². The second-order valence-corrected chi connectivity index (χ2v) is 6.96. The van der Waals surface area contributed by atoms with Gasteiger partial charge in [-0.15, -0.1) is 0 Å². The molecule has 2 rings (SSSR count). The maximum atomic E-state index is 13.4. The number of sulfonamides is 1. The van der Waals surface area contributed by atoms with Gasteiger partial charge in [-0.05, 0) is 41.5 Å². The zero-order chi connectivity index (χ0) is 16.5. The van der Waals surface area contributed by atoms with Crippen molar-refractivity contribution in [2.75, 3.05) is 14.1 Å². The molecule has 0 unspecified atom stereocenters. The zero-order valence-corrected chi connectivity index (χ0v) is 12.8. The van der Waals surface area contributed by atoms with Crippen LogP contribution in [-0.2, 0) is 10.0 Å². The van der Waals surface area contributed by atoms with E-state index in [2.05, 4.69) is 0 Å². The largest absolute Gasteiger partial charge is 0.478 e. The number of benzene rings is 2. The van der Waals surface area contributed by atoms with Gasteiger partial charge in [0.25, 0.3) is 0 Å². The second kappa shape index (κ2) is 5.86. The minimum absolute atomic E-state index is 0.0513. The van der Waals surface area contributed by atoms with Gasteiger partial charge in [-0.3, -0.25) is 0 Å². The van der Waals surface area contributed by atoms with Crippen molar-refractivity contribution in [2.24, 2.45) is 0 Å². The smallest absolute Gasteiger partial charge is 0.336 e. The maximum Gasteiger partial charge on any atom is 0.336 e. The molecule has 0 saturated carbocycles. The average molecular weight is 323 g/mol. The van der Waals surface area contributed by atoms with Gasteiger partial charge in [0.1, 0.15) is 5.82 Å². The van der Waals surface area contributed by atoms with Crippen LogP contribution in [0.5, 0.6) is 0 Å². The van der Waals surface area contributed by atoms with Crippen LogP contribution in [0.15, 0.2) is 47.4 Å². The van der Waals surface area contributed by atoms with Crippen molar-refractivity contribution in [1.82, 2.24) is 4.31 Å². The summed E-state index contributed by atoms with van der Waals surface area (Å²) in [4.78, 5) is 11.3. The van der Waals surface area contributed by atoms with Crippen molar-refractivity contribution in [3.8, 4) is 11.1 Å². The predicted octanol–water partition coefficient (Wildman–Crippen LogP) is 2.44. The molecule has 2 aromatic rings. The van der Waals surface area contributed by atoms with Crippen LogP contribution in [0.4, 0.5) is 4.39 Å². The first-order valence-corrected chi connectivity index (χ1v) is 7.73. The zero-order valence-electron chi connectivity index (χ0n) is 11.9. The Hall–Kier alpha value is -2.25. The Balaban J connectivity index is 2.53. The van der Waals surface area contributed by atoms with Crippen molar-refractivity contribution in [3.05, 3.63) is 53.8 Å². The van der Waals surface area contributed by atoms with Gasteiger partial charge in [-0.1, -0.05) is 12.1 Å². The number of carboxylic acids is 1. The molecule has 0 fully saturated rings. The molecule has 0 aliphatic heterocycles. The van der Waals surface area contributed by atoms with Crippen LogP contribution in [0.3, 0.4) is 0 Å². The summed E-state index contributed by atoms with van der Waals surface area (Å²) < 4.78 is 38.4. The molecule has 2 aromatic carbocycles. The number of hydrogen-bond acceptors (Lipinski definition) is 3. The lowest BCUT2D eigenvalue weighted by Crippen LogP contribution is -2.22. The van der Waals surface area contributed by atoms with Gasteiger partial charge in [0.2, 0.25) is 10.0 Å². The molecule has 7 heteroatoms. The molecule has 0 aliphatic carbocycles. The Bertz CT molecular complexity index is 814. The van der Waals surface area contributed by atoms with E-state index in [9.17, 15) is 17.6 Å². The quantitative estimate of drug-likeness (QED) is 0.938. The number of hydrogen-bond donors (Lipinski definition) is 1. The molecule has 0 heterocycles. The molecule has 0 aliphatic rings. The number of halogens is 1. The van der Waals surface area contributed by atoms with Crippen LogP contribution in [0.25, 0.3) is 11.1 Å². The average Bonchev–Trinajstić information content (AvgIpc) is 2.46. The number of carbonyl (C=O) groups is 1. The first-order chi connectivity index (χ1) is 10.2. The Morgan fingerprint density at radius 3 is 2.18 bits per heavy atom. The Morgan fingerprint density at radius 1 is 1.09 bits per heavy atom. The minimum Gasteiger partial charge on any atom is -0.478 e. The van der Waals surface area contributed by atoms with Gasteiger partial charge in [0.05, 0.1) is 10.5 Å². The van der Waals surface area contributed by atoms with E-state index in [1.807, 2.05) is 0 Å². The lowest BCUT2D eigenvalue weighted by Gasteiger charge is -2.12. The fourth-order valence-corrected chi connectivity index (χ4v) is 2.86. The fourth-order valence-electron chi connectivity index (χ4n) is 1.96. The highest BCUT2D eigenvalue weighted by Gasteiger charge is 2.18. The Labute approximate surface area is 127 Å². The highest BCUT2D eigenvalue weighted by Crippen LogP contribution is 2.26. The SMILES string of the molecule is CN(C)S(=O)(=O)c1ccc(-c2cc(F)ccc2C(=O)O)cc1. The third-order valence-corrected chi connectivity index (χ3v) is 4.99. The van der Waals surface area contributed by atoms with Crippen LogP contribution in [0.1, 0.15) is 10.4 Å². The van der Waals surface area contributed by atoms with Gasteiger partial charge in [0, 0.05) is 14.1 Å². The monoisotopic (exact) mass is 323 g/mol. The number of nitrogens with zero attached hydrogens (tertiary/aromatic N) is 1. The van der Waals surface area contributed by atoms with E-state index in [0.29, 0.717) is 5.56 Å². The Kier molecular flexibility index (Phi) is 4.30. The van der Waals surface area contributed by atoms with Crippen molar-refractivity contribution in [3.63, 3.8) is 0 Å². The molecule has 0 atom stereocenters. The van der Waals surface area contributed by atoms with Crippen LogP contribution in [-0.4, -0.2) is 37.9 Å². The molecular weight excluding hydrogens is 309 g/mol. The molecule has 0 aromatic heterocycles. The lowest BCUT2D eigenvalue weighted by atomic mass is 10.00. The molecular formula is C15H14FNO4S. The predicted molar refractivity (Wildman–Crippen MR) is 79.7 cm³/mol. The summed E-state index contributed by atoms with van der Waals surface area (Å²) in [6.45, 7) is 0. The van der Waals surface area contributed by atoms with E-state index >= 15 is 0 Å². The first kappa shape index (κ1) is 16.1. The maximum absolute atomic E-state index is 13.4. The summed E-state index contributed by atoms with van der Waals surface area (Å²) in [5, 5.41) is 9.15. The minimum atomic E-state index is -3.57.